The summed E-state index contributed by atoms with van der Waals surface area (Å²) in [6, 6.07) is 6.08. The lowest BCUT2D eigenvalue weighted by Gasteiger charge is -2.13. The lowest BCUT2D eigenvalue weighted by molar-refractivity contribution is 0.127. The van der Waals surface area contributed by atoms with Crippen LogP contribution in [0.3, 0.4) is 0 Å². The van der Waals surface area contributed by atoms with Crippen LogP contribution in [0.5, 0.6) is 0 Å². The minimum atomic E-state index is -1.05. The molecule has 1 aromatic rings. The standard InChI is InChI=1S/C13H14FNO2S/c1-9-13(4-5-17-9)18(16)8-10-2-3-12(14)11(6-10)7-15/h2-3,6,9,13H,4-5,8H2,1H3. The molecule has 0 aromatic heterocycles. The fraction of sp³-hybridized carbons (Fsp3) is 0.462. The van der Waals surface area contributed by atoms with Gasteiger partial charge in [0.15, 0.2) is 0 Å². The monoisotopic (exact) mass is 267 g/mol. The van der Waals surface area contributed by atoms with Crippen molar-refractivity contribution >= 4 is 10.8 Å². The number of ether oxygens (including phenoxy) is 1. The third kappa shape index (κ3) is 2.77. The van der Waals surface area contributed by atoms with Gasteiger partial charge in [0.05, 0.1) is 16.9 Å². The fourth-order valence-electron chi connectivity index (χ4n) is 2.08. The van der Waals surface area contributed by atoms with E-state index in [9.17, 15) is 8.60 Å². The van der Waals surface area contributed by atoms with Gasteiger partial charge in [-0.1, -0.05) is 6.07 Å². The van der Waals surface area contributed by atoms with E-state index < -0.39 is 16.6 Å². The fourth-order valence-corrected chi connectivity index (χ4v) is 3.66. The minimum absolute atomic E-state index is 0.000204. The minimum Gasteiger partial charge on any atom is -0.377 e. The highest BCUT2D eigenvalue weighted by atomic mass is 32.2. The summed E-state index contributed by atoms with van der Waals surface area (Å²) in [5, 5.41) is 8.77. The molecule has 1 aliphatic rings. The Morgan fingerprint density at radius 2 is 2.39 bits per heavy atom. The predicted octanol–water partition coefficient (Wildman–Crippen LogP) is 2.12. The Hall–Kier alpha value is -1.25. The summed E-state index contributed by atoms with van der Waals surface area (Å²) >= 11 is 0. The van der Waals surface area contributed by atoms with E-state index in [1.165, 1.54) is 12.1 Å². The smallest absolute Gasteiger partial charge is 0.140 e. The second-order valence-electron chi connectivity index (χ2n) is 4.35. The van der Waals surface area contributed by atoms with Crippen LogP contribution in [0.25, 0.3) is 0 Å². The van der Waals surface area contributed by atoms with Crippen LogP contribution >= 0.6 is 0 Å². The quantitative estimate of drug-likeness (QED) is 0.843. The van der Waals surface area contributed by atoms with E-state index in [1.54, 1.807) is 12.1 Å². The SMILES string of the molecule is CC1OCCC1S(=O)Cc1ccc(F)c(C#N)c1. The zero-order valence-corrected chi connectivity index (χ0v) is 10.9. The lowest BCUT2D eigenvalue weighted by atomic mass is 10.1. The Kier molecular flexibility index (Phi) is 4.10. The van der Waals surface area contributed by atoms with Crippen molar-refractivity contribution in [3.05, 3.63) is 35.1 Å². The number of benzene rings is 1. The summed E-state index contributed by atoms with van der Waals surface area (Å²) in [5.74, 6) is -0.197. The first-order valence-corrected chi connectivity index (χ1v) is 7.17. The van der Waals surface area contributed by atoms with Crippen LogP contribution in [-0.2, 0) is 21.3 Å². The van der Waals surface area contributed by atoms with Gasteiger partial charge in [0.25, 0.3) is 0 Å². The van der Waals surface area contributed by atoms with Crippen LogP contribution in [0.1, 0.15) is 24.5 Å². The normalized spacial score (nSPS) is 24.7. The lowest BCUT2D eigenvalue weighted by Crippen LogP contribution is -2.24. The summed E-state index contributed by atoms with van der Waals surface area (Å²) in [4.78, 5) is 0. The summed E-state index contributed by atoms with van der Waals surface area (Å²) < 4.78 is 30.7. The van der Waals surface area contributed by atoms with E-state index in [1.807, 2.05) is 6.92 Å². The Bertz CT molecular complexity index is 512. The van der Waals surface area contributed by atoms with Crippen molar-refractivity contribution in [2.45, 2.75) is 30.5 Å². The van der Waals surface area contributed by atoms with Crippen LogP contribution in [0.4, 0.5) is 4.39 Å². The first-order chi connectivity index (χ1) is 8.61. The van der Waals surface area contributed by atoms with Crippen molar-refractivity contribution in [1.29, 1.82) is 5.26 Å². The van der Waals surface area contributed by atoms with Gasteiger partial charge in [0, 0.05) is 23.2 Å². The summed E-state index contributed by atoms with van der Waals surface area (Å²) in [6.45, 7) is 2.56. The molecule has 1 saturated heterocycles. The Balaban J connectivity index is 2.10. The van der Waals surface area contributed by atoms with Crippen molar-refractivity contribution in [1.82, 2.24) is 0 Å². The van der Waals surface area contributed by atoms with Crippen molar-refractivity contribution in [3.8, 4) is 6.07 Å². The molecule has 0 spiro atoms. The largest absolute Gasteiger partial charge is 0.377 e. The van der Waals surface area contributed by atoms with Crippen molar-refractivity contribution in [2.75, 3.05) is 6.61 Å². The maximum Gasteiger partial charge on any atom is 0.140 e. The average Bonchev–Trinajstić information content (AvgIpc) is 2.78. The van der Waals surface area contributed by atoms with Crippen LogP contribution < -0.4 is 0 Å². The van der Waals surface area contributed by atoms with E-state index in [2.05, 4.69) is 0 Å². The zero-order valence-electron chi connectivity index (χ0n) is 10.1. The molecular formula is C13H14FNO2S. The summed E-state index contributed by atoms with van der Waals surface area (Å²) in [5.41, 5.74) is 0.727. The number of hydrogen-bond donors (Lipinski definition) is 0. The molecule has 96 valence electrons. The molecule has 0 bridgehead atoms. The van der Waals surface area contributed by atoms with Crippen LogP contribution in [0.15, 0.2) is 18.2 Å². The molecule has 0 N–H and O–H groups in total. The number of halogens is 1. The molecule has 1 heterocycles. The first-order valence-electron chi connectivity index (χ1n) is 5.79. The second kappa shape index (κ2) is 5.59. The molecule has 3 atom stereocenters. The summed E-state index contributed by atoms with van der Waals surface area (Å²) in [6.07, 6.45) is 0.793. The Morgan fingerprint density at radius 1 is 1.61 bits per heavy atom. The maximum absolute atomic E-state index is 13.2. The predicted molar refractivity (Wildman–Crippen MR) is 66.8 cm³/mol. The molecule has 3 unspecified atom stereocenters. The van der Waals surface area contributed by atoms with Gasteiger partial charge in [-0.25, -0.2) is 4.39 Å². The van der Waals surface area contributed by atoms with Crippen LogP contribution in [0, 0.1) is 17.1 Å². The van der Waals surface area contributed by atoms with E-state index in [4.69, 9.17) is 10.00 Å². The molecule has 5 heteroatoms. The van der Waals surface area contributed by atoms with E-state index in [0.29, 0.717) is 12.4 Å². The van der Waals surface area contributed by atoms with Gasteiger partial charge < -0.3 is 4.74 Å². The number of hydrogen-bond acceptors (Lipinski definition) is 3. The maximum atomic E-state index is 13.2. The third-order valence-corrected chi connectivity index (χ3v) is 5.02. The second-order valence-corrected chi connectivity index (χ2v) is 6.01. The molecule has 0 aliphatic carbocycles. The van der Waals surface area contributed by atoms with Gasteiger partial charge in [0.1, 0.15) is 11.9 Å². The highest BCUT2D eigenvalue weighted by Crippen LogP contribution is 2.21. The van der Waals surface area contributed by atoms with Gasteiger partial charge in [-0.2, -0.15) is 5.26 Å². The van der Waals surface area contributed by atoms with Gasteiger partial charge in [-0.05, 0) is 31.0 Å². The van der Waals surface area contributed by atoms with Crippen molar-refractivity contribution < 1.29 is 13.3 Å². The molecule has 0 radical (unpaired) electrons. The van der Waals surface area contributed by atoms with E-state index >= 15 is 0 Å². The highest BCUT2D eigenvalue weighted by Gasteiger charge is 2.29. The first kappa shape index (κ1) is 13.2. The van der Waals surface area contributed by atoms with E-state index in [0.717, 1.165) is 12.0 Å². The third-order valence-electron chi connectivity index (χ3n) is 3.10. The topological polar surface area (TPSA) is 50.1 Å². The molecule has 1 aromatic carbocycles. The van der Waals surface area contributed by atoms with Gasteiger partial charge in [0.2, 0.25) is 0 Å². The van der Waals surface area contributed by atoms with Gasteiger partial charge in [-0.3, -0.25) is 4.21 Å². The number of rotatable bonds is 3. The van der Waals surface area contributed by atoms with Crippen LogP contribution in [0.2, 0.25) is 0 Å². The summed E-state index contributed by atoms with van der Waals surface area (Å²) in [7, 11) is -1.05. The van der Waals surface area contributed by atoms with Crippen LogP contribution in [-0.4, -0.2) is 22.2 Å². The molecule has 1 fully saturated rings. The zero-order chi connectivity index (χ0) is 13.1. The van der Waals surface area contributed by atoms with Gasteiger partial charge >= 0.3 is 0 Å². The number of nitriles is 1. The molecule has 3 nitrogen and oxygen atoms in total. The number of nitrogens with zero attached hydrogens (tertiary/aromatic N) is 1. The molecular weight excluding hydrogens is 253 g/mol. The average molecular weight is 267 g/mol. The Morgan fingerprint density at radius 3 is 3.00 bits per heavy atom. The molecule has 0 saturated carbocycles. The van der Waals surface area contributed by atoms with Crippen molar-refractivity contribution in [3.63, 3.8) is 0 Å². The van der Waals surface area contributed by atoms with E-state index in [-0.39, 0.29) is 16.9 Å². The van der Waals surface area contributed by atoms with Gasteiger partial charge in [-0.15, -0.1) is 0 Å². The molecule has 18 heavy (non-hydrogen) atoms. The molecule has 2 rings (SSSR count). The molecule has 0 amide bonds. The Labute approximate surface area is 108 Å². The van der Waals surface area contributed by atoms with Crippen molar-refractivity contribution in [2.24, 2.45) is 0 Å². The molecule has 1 aliphatic heterocycles. The highest BCUT2D eigenvalue weighted by molar-refractivity contribution is 7.84.